The van der Waals surface area contributed by atoms with Crippen LogP contribution in [0.4, 0.5) is 0 Å². The van der Waals surface area contributed by atoms with Crippen LogP contribution in [0.3, 0.4) is 0 Å². The number of aryl methyl sites for hydroxylation is 1. The van der Waals surface area contributed by atoms with Gasteiger partial charge in [-0.1, -0.05) is 36.2 Å². The van der Waals surface area contributed by atoms with E-state index in [9.17, 15) is 0 Å². The molecular weight excluding hydrogens is 377 g/mol. The first-order valence-corrected chi connectivity index (χ1v) is 8.83. The van der Waals surface area contributed by atoms with Crippen LogP contribution in [-0.2, 0) is 0 Å². The normalized spacial score (nSPS) is 12.7. The molecule has 0 aliphatic heterocycles. The first-order valence-electron chi connectivity index (χ1n) is 6.46. The Kier molecular flexibility index (Phi) is 5.94. The van der Waals surface area contributed by atoms with E-state index in [1.807, 2.05) is 18.2 Å². The van der Waals surface area contributed by atoms with E-state index in [0.717, 1.165) is 32.4 Å². The molecule has 1 heterocycles. The van der Waals surface area contributed by atoms with Crippen LogP contribution in [0.1, 0.15) is 35.4 Å². The SMILES string of the molecule is CCCNC(c1cc(C)cc(Cl)c1)c1cc(Cl)c(Br)s1. The highest BCUT2D eigenvalue weighted by Crippen LogP contribution is 2.38. The molecule has 108 valence electrons. The number of nitrogens with one attached hydrogen (secondary N) is 1. The van der Waals surface area contributed by atoms with E-state index >= 15 is 0 Å². The van der Waals surface area contributed by atoms with Crippen molar-refractivity contribution < 1.29 is 0 Å². The Bertz CT molecular complexity index is 558. The highest BCUT2D eigenvalue weighted by atomic mass is 79.9. The largest absolute Gasteiger partial charge is 0.306 e. The molecule has 2 rings (SSSR count). The molecule has 1 nitrogen and oxygen atoms in total. The van der Waals surface area contributed by atoms with Gasteiger partial charge in [0.05, 0.1) is 14.9 Å². The third-order valence-electron chi connectivity index (χ3n) is 2.94. The molecule has 2 aromatic rings. The number of rotatable bonds is 5. The molecule has 0 aliphatic rings. The molecule has 1 atom stereocenters. The standard InChI is InChI=1S/C15H16BrCl2NS/c1-3-4-19-14(13-8-12(18)15(16)20-13)10-5-9(2)6-11(17)7-10/h5-8,14,19H,3-4H2,1-2H3. The van der Waals surface area contributed by atoms with Crippen molar-refractivity contribution in [3.63, 3.8) is 0 Å². The van der Waals surface area contributed by atoms with Gasteiger partial charge in [-0.3, -0.25) is 0 Å². The summed E-state index contributed by atoms with van der Waals surface area (Å²) in [6.07, 6.45) is 1.08. The van der Waals surface area contributed by atoms with Gasteiger partial charge in [0.25, 0.3) is 0 Å². The summed E-state index contributed by atoms with van der Waals surface area (Å²) < 4.78 is 0.969. The third kappa shape index (κ3) is 3.99. The Morgan fingerprint density at radius 2 is 2.00 bits per heavy atom. The Morgan fingerprint density at radius 1 is 1.25 bits per heavy atom. The summed E-state index contributed by atoms with van der Waals surface area (Å²) in [4.78, 5) is 1.19. The molecule has 0 radical (unpaired) electrons. The first kappa shape index (κ1) is 16.3. The second-order valence-electron chi connectivity index (χ2n) is 4.72. The molecule has 0 aliphatic carbocycles. The molecule has 0 amide bonds. The van der Waals surface area contributed by atoms with Crippen molar-refractivity contribution >= 4 is 50.5 Å². The fourth-order valence-corrected chi connectivity index (χ4v) is 4.26. The van der Waals surface area contributed by atoms with Crippen LogP contribution >= 0.6 is 50.5 Å². The zero-order valence-electron chi connectivity index (χ0n) is 11.3. The fourth-order valence-electron chi connectivity index (χ4n) is 2.11. The van der Waals surface area contributed by atoms with Crippen LogP contribution < -0.4 is 5.32 Å². The van der Waals surface area contributed by atoms with E-state index in [1.165, 1.54) is 10.4 Å². The second-order valence-corrected chi connectivity index (χ2v) is 7.96. The summed E-state index contributed by atoms with van der Waals surface area (Å²) in [5, 5.41) is 5.09. The lowest BCUT2D eigenvalue weighted by Gasteiger charge is -2.18. The Labute approximate surface area is 142 Å². The van der Waals surface area contributed by atoms with Crippen LogP contribution in [0.2, 0.25) is 10.0 Å². The fraction of sp³-hybridized carbons (Fsp3) is 0.333. The molecule has 1 unspecified atom stereocenters. The molecule has 0 spiro atoms. The number of halogens is 3. The first-order chi connectivity index (χ1) is 9.51. The van der Waals surface area contributed by atoms with Gasteiger partial charge in [-0.25, -0.2) is 0 Å². The van der Waals surface area contributed by atoms with Crippen LogP contribution in [0.25, 0.3) is 0 Å². The summed E-state index contributed by atoms with van der Waals surface area (Å²) >= 11 is 17.5. The number of thiophene rings is 1. The van der Waals surface area contributed by atoms with Crippen molar-refractivity contribution in [2.75, 3.05) is 6.54 Å². The molecular formula is C15H16BrCl2NS. The minimum absolute atomic E-state index is 0.126. The number of hydrogen-bond acceptors (Lipinski definition) is 2. The van der Waals surface area contributed by atoms with Crippen molar-refractivity contribution in [3.05, 3.63) is 54.1 Å². The Hall–Kier alpha value is -0.0600. The van der Waals surface area contributed by atoms with E-state index in [4.69, 9.17) is 23.2 Å². The smallest absolute Gasteiger partial charge is 0.0888 e. The van der Waals surface area contributed by atoms with Gasteiger partial charge in [-0.2, -0.15) is 0 Å². The summed E-state index contributed by atoms with van der Waals surface area (Å²) in [5.74, 6) is 0. The summed E-state index contributed by atoms with van der Waals surface area (Å²) in [6, 6.07) is 8.30. The maximum Gasteiger partial charge on any atom is 0.0888 e. The molecule has 5 heteroatoms. The van der Waals surface area contributed by atoms with E-state index < -0.39 is 0 Å². The van der Waals surface area contributed by atoms with Gasteiger partial charge in [0, 0.05) is 9.90 Å². The van der Waals surface area contributed by atoms with Gasteiger partial charge >= 0.3 is 0 Å². The average molecular weight is 393 g/mol. The van der Waals surface area contributed by atoms with Gasteiger partial charge < -0.3 is 5.32 Å². The summed E-state index contributed by atoms with van der Waals surface area (Å²) in [6.45, 7) is 5.16. The maximum absolute atomic E-state index is 6.19. The molecule has 0 bridgehead atoms. The lowest BCUT2D eigenvalue weighted by Crippen LogP contribution is -2.22. The van der Waals surface area contributed by atoms with E-state index in [1.54, 1.807) is 11.3 Å². The minimum Gasteiger partial charge on any atom is -0.306 e. The van der Waals surface area contributed by atoms with E-state index in [0.29, 0.717) is 0 Å². The predicted molar refractivity (Wildman–Crippen MR) is 93.4 cm³/mol. The molecule has 1 aromatic heterocycles. The average Bonchev–Trinajstić information content (AvgIpc) is 2.69. The second kappa shape index (κ2) is 7.28. The molecule has 20 heavy (non-hydrogen) atoms. The predicted octanol–water partition coefficient (Wildman–Crippen LogP) is 6.21. The van der Waals surface area contributed by atoms with Gasteiger partial charge in [0.1, 0.15) is 0 Å². The monoisotopic (exact) mass is 391 g/mol. The highest BCUT2D eigenvalue weighted by Gasteiger charge is 2.18. The van der Waals surface area contributed by atoms with Crippen molar-refractivity contribution in [3.8, 4) is 0 Å². The number of benzene rings is 1. The Balaban J connectivity index is 2.40. The van der Waals surface area contributed by atoms with Gasteiger partial charge in [-0.15, -0.1) is 11.3 Å². The van der Waals surface area contributed by atoms with Crippen LogP contribution in [0.5, 0.6) is 0 Å². The van der Waals surface area contributed by atoms with Crippen molar-refractivity contribution in [1.82, 2.24) is 5.32 Å². The lowest BCUT2D eigenvalue weighted by atomic mass is 10.0. The van der Waals surface area contributed by atoms with Crippen LogP contribution in [-0.4, -0.2) is 6.54 Å². The zero-order chi connectivity index (χ0) is 14.7. The number of hydrogen-bond donors (Lipinski definition) is 1. The van der Waals surface area contributed by atoms with E-state index in [-0.39, 0.29) is 6.04 Å². The third-order valence-corrected chi connectivity index (χ3v) is 5.70. The van der Waals surface area contributed by atoms with Gasteiger partial charge in [0.2, 0.25) is 0 Å². The quantitative estimate of drug-likeness (QED) is 0.637. The molecule has 0 saturated carbocycles. The van der Waals surface area contributed by atoms with Crippen molar-refractivity contribution in [2.24, 2.45) is 0 Å². The van der Waals surface area contributed by atoms with Crippen LogP contribution in [0, 0.1) is 6.92 Å². The molecule has 1 N–H and O–H groups in total. The maximum atomic E-state index is 6.19. The Morgan fingerprint density at radius 3 is 2.55 bits per heavy atom. The van der Waals surface area contributed by atoms with Crippen molar-refractivity contribution in [2.45, 2.75) is 26.3 Å². The van der Waals surface area contributed by atoms with Crippen molar-refractivity contribution in [1.29, 1.82) is 0 Å². The minimum atomic E-state index is 0.126. The highest BCUT2D eigenvalue weighted by molar-refractivity contribution is 9.11. The molecule has 0 saturated heterocycles. The summed E-state index contributed by atoms with van der Waals surface area (Å²) in [5.41, 5.74) is 2.34. The van der Waals surface area contributed by atoms with Gasteiger partial charge in [-0.05, 0) is 65.1 Å². The molecule has 0 fully saturated rings. The molecule has 1 aromatic carbocycles. The lowest BCUT2D eigenvalue weighted by molar-refractivity contribution is 0.605. The summed E-state index contributed by atoms with van der Waals surface area (Å²) in [7, 11) is 0. The zero-order valence-corrected chi connectivity index (χ0v) is 15.3. The van der Waals surface area contributed by atoms with Gasteiger partial charge in [0.15, 0.2) is 0 Å². The topological polar surface area (TPSA) is 12.0 Å². The van der Waals surface area contributed by atoms with Crippen LogP contribution in [0.15, 0.2) is 28.1 Å². The van der Waals surface area contributed by atoms with E-state index in [2.05, 4.69) is 41.2 Å².